The number of nitrogens with one attached hydrogen (secondary N) is 2. The zero-order valence-electron chi connectivity index (χ0n) is 13.5. The molecule has 122 valence electrons. The molecule has 6 heteroatoms. The summed E-state index contributed by atoms with van der Waals surface area (Å²) in [5.74, 6) is 1.10. The Kier molecular flexibility index (Phi) is 5.03. The lowest BCUT2D eigenvalue weighted by Crippen LogP contribution is -2.38. The smallest absolute Gasteiger partial charge is 0.241 e. The minimum absolute atomic E-state index is 0.0100. The summed E-state index contributed by atoms with van der Waals surface area (Å²) in [6.07, 6.45) is 4.71. The summed E-state index contributed by atoms with van der Waals surface area (Å²) in [4.78, 5) is 12.5. The fraction of sp³-hybridized carbons (Fsp3) is 0.412. The lowest BCUT2D eigenvalue weighted by atomic mass is 10.0. The van der Waals surface area contributed by atoms with Crippen LogP contribution in [0.2, 0.25) is 0 Å². The van der Waals surface area contributed by atoms with Crippen LogP contribution in [0, 0.1) is 0 Å². The van der Waals surface area contributed by atoms with Crippen LogP contribution in [-0.4, -0.2) is 35.0 Å². The Hall–Kier alpha value is -1.79. The molecule has 5 nitrogen and oxygen atoms in total. The number of amides is 1. The monoisotopic (exact) mass is 330 g/mol. The first-order chi connectivity index (χ1) is 11.2. The molecule has 1 amide bonds. The number of hydrogen-bond acceptors (Lipinski definition) is 4. The summed E-state index contributed by atoms with van der Waals surface area (Å²) < 4.78 is 1.71. The van der Waals surface area contributed by atoms with Crippen LogP contribution in [0.15, 0.2) is 36.7 Å². The molecule has 23 heavy (non-hydrogen) atoms. The molecule has 0 aliphatic carbocycles. The molecule has 2 aromatic rings. The van der Waals surface area contributed by atoms with Crippen molar-refractivity contribution in [2.75, 3.05) is 19.3 Å². The molecular formula is C17H22N4OS. The second-order valence-electron chi connectivity index (χ2n) is 5.72. The number of rotatable bonds is 5. The SMILES string of the molecule is CNC(C(=O)NCC1SCCc2ccccc21)c1cnn(C)c1. The summed E-state index contributed by atoms with van der Waals surface area (Å²) in [5.41, 5.74) is 3.64. The van der Waals surface area contributed by atoms with Gasteiger partial charge in [-0.1, -0.05) is 24.3 Å². The van der Waals surface area contributed by atoms with E-state index in [2.05, 4.69) is 40.0 Å². The van der Waals surface area contributed by atoms with Crippen molar-refractivity contribution in [2.45, 2.75) is 17.7 Å². The van der Waals surface area contributed by atoms with Crippen LogP contribution in [-0.2, 0) is 18.3 Å². The zero-order valence-corrected chi connectivity index (χ0v) is 14.3. The van der Waals surface area contributed by atoms with Gasteiger partial charge in [0.2, 0.25) is 5.91 Å². The Balaban J connectivity index is 1.65. The Bertz CT molecular complexity index is 685. The highest BCUT2D eigenvalue weighted by atomic mass is 32.2. The number of carbonyl (C=O) groups excluding carboxylic acids is 1. The van der Waals surface area contributed by atoms with Gasteiger partial charge in [-0.05, 0) is 30.3 Å². The minimum atomic E-state index is -0.368. The van der Waals surface area contributed by atoms with Crippen molar-refractivity contribution in [2.24, 2.45) is 7.05 Å². The van der Waals surface area contributed by atoms with Gasteiger partial charge in [-0.3, -0.25) is 9.48 Å². The van der Waals surface area contributed by atoms with Gasteiger partial charge in [-0.2, -0.15) is 16.9 Å². The molecule has 0 radical (unpaired) electrons. The van der Waals surface area contributed by atoms with Crippen LogP contribution in [0.3, 0.4) is 0 Å². The first-order valence-electron chi connectivity index (χ1n) is 7.82. The number of benzene rings is 1. The van der Waals surface area contributed by atoms with Crippen LogP contribution < -0.4 is 10.6 Å². The van der Waals surface area contributed by atoms with Crippen LogP contribution in [0.5, 0.6) is 0 Å². The number of thioether (sulfide) groups is 1. The van der Waals surface area contributed by atoms with E-state index in [1.807, 2.05) is 25.0 Å². The van der Waals surface area contributed by atoms with Crippen LogP contribution in [0.25, 0.3) is 0 Å². The third-order valence-electron chi connectivity index (χ3n) is 4.16. The quantitative estimate of drug-likeness (QED) is 0.878. The number of aryl methyl sites for hydroxylation is 2. The van der Waals surface area contributed by atoms with E-state index in [-0.39, 0.29) is 11.9 Å². The predicted octanol–water partition coefficient (Wildman–Crippen LogP) is 1.83. The van der Waals surface area contributed by atoms with E-state index in [0.717, 1.165) is 17.7 Å². The van der Waals surface area contributed by atoms with Crippen molar-refractivity contribution in [1.82, 2.24) is 20.4 Å². The zero-order chi connectivity index (χ0) is 16.2. The molecule has 1 aromatic carbocycles. The average Bonchev–Trinajstić information content (AvgIpc) is 2.99. The number of nitrogens with zero attached hydrogens (tertiary/aromatic N) is 2. The van der Waals surface area contributed by atoms with Crippen LogP contribution in [0.1, 0.15) is 28.0 Å². The molecule has 1 aromatic heterocycles. The van der Waals surface area contributed by atoms with Crippen molar-refractivity contribution < 1.29 is 4.79 Å². The summed E-state index contributed by atoms with van der Waals surface area (Å²) in [7, 11) is 3.64. The van der Waals surface area contributed by atoms with Gasteiger partial charge in [-0.15, -0.1) is 0 Å². The summed E-state index contributed by atoms with van der Waals surface area (Å²) >= 11 is 1.92. The van der Waals surface area contributed by atoms with E-state index in [0.29, 0.717) is 11.8 Å². The van der Waals surface area contributed by atoms with E-state index in [4.69, 9.17) is 0 Å². The summed E-state index contributed by atoms with van der Waals surface area (Å²) in [5, 5.41) is 10.6. The average molecular weight is 330 g/mol. The van der Waals surface area contributed by atoms with Gasteiger partial charge in [-0.25, -0.2) is 0 Å². The molecule has 2 atom stereocenters. The van der Waals surface area contributed by atoms with Crippen molar-refractivity contribution in [3.8, 4) is 0 Å². The second kappa shape index (κ2) is 7.19. The van der Waals surface area contributed by atoms with Gasteiger partial charge >= 0.3 is 0 Å². The van der Waals surface area contributed by atoms with Crippen molar-refractivity contribution in [1.29, 1.82) is 0 Å². The molecule has 1 aliphatic rings. The van der Waals surface area contributed by atoms with Gasteiger partial charge in [0.15, 0.2) is 0 Å². The maximum Gasteiger partial charge on any atom is 0.241 e. The highest BCUT2D eigenvalue weighted by Gasteiger charge is 2.24. The molecule has 1 aliphatic heterocycles. The molecular weight excluding hydrogens is 308 g/mol. The molecule has 2 unspecified atom stereocenters. The molecule has 3 rings (SSSR count). The number of aromatic nitrogens is 2. The van der Waals surface area contributed by atoms with Gasteiger partial charge in [0.25, 0.3) is 0 Å². The van der Waals surface area contributed by atoms with E-state index in [9.17, 15) is 4.79 Å². The first kappa shape index (κ1) is 16.1. The fourth-order valence-electron chi connectivity index (χ4n) is 2.98. The Labute approximate surface area is 140 Å². The standard InChI is InChI=1S/C17H22N4OS/c1-18-16(13-9-20-21(2)11-13)17(22)19-10-15-14-6-4-3-5-12(14)7-8-23-15/h3-6,9,11,15-16,18H,7-8,10H2,1-2H3,(H,19,22). The Morgan fingerprint density at radius 3 is 3.04 bits per heavy atom. The van der Waals surface area contributed by atoms with Gasteiger partial charge in [0, 0.05) is 30.6 Å². The molecule has 0 bridgehead atoms. The summed E-state index contributed by atoms with van der Waals surface area (Å²) in [6, 6.07) is 8.16. The van der Waals surface area contributed by atoms with Crippen LogP contribution >= 0.6 is 11.8 Å². The van der Waals surface area contributed by atoms with Gasteiger partial charge in [0.05, 0.1) is 6.20 Å². The Morgan fingerprint density at radius 1 is 1.48 bits per heavy atom. The lowest BCUT2D eigenvalue weighted by molar-refractivity contribution is -0.123. The van der Waals surface area contributed by atoms with E-state index in [1.165, 1.54) is 11.1 Å². The number of likely N-dealkylation sites (N-methyl/N-ethyl adjacent to an activating group) is 1. The number of hydrogen-bond donors (Lipinski definition) is 2. The maximum absolute atomic E-state index is 12.5. The predicted molar refractivity (Wildman–Crippen MR) is 93.4 cm³/mol. The van der Waals surface area contributed by atoms with Crippen molar-refractivity contribution in [3.05, 3.63) is 53.3 Å². The fourth-order valence-corrected chi connectivity index (χ4v) is 4.21. The number of carbonyl (C=O) groups is 1. The van der Waals surface area contributed by atoms with E-state index < -0.39 is 0 Å². The largest absolute Gasteiger partial charge is 0.353 e. The Morgan fingerprint density at radius 2 is 2.30 bits per heavy atom. The number of fused-ring (bicyclic) bond motifs is 1. The van der Waals surface area contributed by atoms with Gasteiger partial charge < -0.3 is 10.6 Å². The van der Waals surface area contributed by atoms with Crippen molar-refractivity contribution in [3.63, 3.8) is 0 Å². The minimum Gasteiger partial charge on any atom is -0.353 e. The highest BCUT2D eigenvalue weighted by Crippen LogP contribution is 2.36. The van der Waals surface area contributed by atoms with Gasteiger partial charge in [0.1, 0.15) is 6.04 Å². The molecule has 2 N–H and O–H groups in total. The molecule has 0 saturated carbocycles. The topological polar surface area (TPSA) is 59.0 Å². The molecule has 0 fully saturated rings. The molecule has 0 saturated heterocycles. The molecule has 0 spiro atoms. The molecule has 2 heterocycles. The normalized spacial score (nSPS) is 18.3. The maximum atomic E-state index is 12.5. The summed E-state index contributed by atoms with van der Waals surface area (Å²) in [6.45, 7) is 0.652. The van der Waals surface area contributed by atoms with Crippen LogP contribution in [0.4, 0.5) is 0 Å². The lowest BCUT2D eigenvalue weighted by Gasteiger charge is -2.26. The van der Waals surface area contributed by atoms with E-state index in [1.54, 1.807) is 17.9 Å². The second-order valence-corrected chi connectivity index (χ2v) is 7.03. The van der Waals surface area contributed by atoms with E-state index >= 15 is 0 Å². The highest BCUT2D eigenvalue weighted by molar-refractivity contribution is 7.99. The third-order valence-corrected chi connectivity index (χ3v) is 5.43. The first-order valence-corrected chi connectivity index (χ1v) is 8.87. The third kappa shape index (κ3) is 3.59. The van der Waals surface area contributed by atoms with Crippen molar-refractivity contribution >= 4 is 17.7 Å².